The lowest BCUT2D eigenvalue weighted by molar-refractivity contribution is 0.0737. The minimum atomic E-state index is -0.505. The van der Waals surface area contributed by atoms with Crippen LogP contribution in [-0.4, -0.2) is 11.0 Å². The van der Waals surface area contributed by atoms with Gasteiger partial charge in [0.2, 0.25) is 0 Å². The summed E-state index contributed by atoms with van der Waals surface area (Å²) in [6.07, 6.45) is 0. The lowest BCUT2D eigenvalue weighted by atomic mass is 10.0. The Morgan fingerprint density at radius 1 is 0.852 bits per heavy atom. The van der Waals surface area contributed by atoms with E-state index in [0.717, 1.165) is 5.56 Å². The van der Waals surface area contributed by atoms with Gasteiger partial charge in [-0.3, -0.25) is 0 Å². The molecule has 4 aromatic rings. The average Bonchev–Trinajstić information content (AvgIpc) is 2.70. The van der Waals surface area contributed by atoms with E-state index in [0.29, 0.717) is 27.2 Å². The summed E-state index contributed by atoms with van der Waals surface area (Å²) in [5.41, 5.74) is 2.75. The van der Waals surface area contributed by atoms with Gasteiger partial charge in [0, 0.05) is 16.0 Å². The molecule has 0 atom stereocenters. The molecule has 0 aliphatic carbocycles. The van der Waals surface area contributed by atoms with E-state index in [9.17, 15) is 4.79 Å². The van der Waals surface area contributed by atoms with Crippen LogP contribution in [0, 0.1) is 0 Å². The highest BCUT2D eigenvalue weighted by Crippen LogP contribution is 2.30. The number of para-hydroxylation sites is 1. The van der Waals surface area contributed by atoms with Crippen molar-refractivity contribution in [3.05, 3.63) is 94.5 Å². The number of hydrogen-bond acceptors (Lipinski definition) is 3. The molecule has 3 aromatic carbocycles. The molecule has 1 heterocycles. The fourth-order valence-electron chi connectivity index (χ4n) is 2.81. The largest absolute Gasteiger partial charge is 0.421 e. The first-order chi connectivity index (χ1) is 13.1. The molecule has 0 fully saturated rings. The molecule has 0 bridgehead atoms. The Hall–Kier alpha value is -2.88. The summed E-state index contributed by atoms with van der Waals surface area (Å²) >= 11 is 12.0. The number of esters is 1. The van der Waals surface area contributed by atoms with Crippen LogP contribution in [0.4, 0.5) is 0 Å². The molecule has 0 saturated heterocycles. The zero-order valence-corrected chi connectivity index (χ0v) is 15.5. The third kappa shape index (κ3) is 3.65. The topological polar surface area (TPSA) is 39.2 Å². The van der Waals surface area contributed by atoms with Crippen LogP contribution in [-0.2, 0) is 0 Å². The quantitative estimate of drug-likeness (QED) is 0.297. The summed E-state index contributed by atoms with van der Waals surface area (Å²) in [5.74, 6) is -0.247. The van der Waals surface area contributed by atoms with Crippen molar-refractivity contribution in [1.29, 1.82) is 0 Å². The van der Waals surface area contributed by atoms with Crippen molar-refractivity contribution in [1.82, 2.24) is 4.98 Å². The molecule has 0 aliphatic rings. The SMILES string of the molecule is O=C(Oc1ccc(Cl)cc1Cl)c1cc(-c2ccccc2)nc2ccccc12. The summed E-state index contributed by atoms with van der Waals surface area (Å²) in [6.45, 7) is 0. The molecule has 0 spiro atoms. The van der Waals surface area contributed by atoms with E-state index >= 15 is 0 Å². The second-order valence-corrected chi connectivity index (χ2v) is 6.75. The standard InChI is InChI=1S/C22H13Cl2NO2/c23-15-10-11-21(18(24)12-15)27-22(26)17-13-20(14-6-2-1-3-7-14)25-19-9-5-4-8-16(17)19/h1-13H. The number of halogens is 2. The van der Waals surface area contributed by atoms with Gasteiger partial charge >= 0.3 is 5.97 Å². The number of carbonyl (C=O) groups excluding carboxylic acids is 1. The van der Waals surface area contributed by atoms with Crippen LogP contribution < -0.4 is 4.74 Å². The first-order valence-electron chi connectivity index (χ1n) is 8.24. The number of nitrogens with zero attached hydrogens (tertiary/aromatic N) is 1. The maximum absolute atomic E-state index is 12.9. The number of aromatic nitrogens is 1. The Bertz CT molecular complexity index is 1140. The van der Waals surface area contributed by atoms with E-state index in [1.807, 2.05) is 54.6 Å². The molecule has 3 nitrogen and oxygen atoms in total. The number of ether oxygens (including phenoxy) is 1. The van der Waals surface area contributed by atoms with E-state index in [2.05, 4.69) is 4.98 Å². The van der Waals surface area contributed by atoms with Gasteiger partial charge in [0.1, 0.15) is 5.75 Å². The van der Waals surface area contributed by atoms with Crippen molar-refractivity contribution in [2.24, 2.45) is 0 Å². The number of pyridine rings is 1. The molecular formula is C22H13Cl2NO2. The molecule has 27 heavy (non-hydrogen) atoms. The Labute approximate surface area is 166 Å². The maximum atomic E-state index is 12.9. The first kappa shape index (κ1) is 17.5. The predicted molar refractivity (Wildman–Crippen MR) is 109 cm³/mol. The minimum Gasteiger partial charge on any atom is -0.421 e. The smallest absolute Gasteiger partial charge is 0.344 e. The highest BCUT2D eigenvalue weighted by atomic mass is 35.5. The van der Waals surface area contributed by atoms with E-state index in [4.69, 9.17) is 27.9 Å². The zero-order valence-electron chi connectivity index (χ0n) is 14.0. The number of carbonyl (C=O) groups is 1. The molecule has 1 aromatic heterocycles. The number of fused-ring (bicyclic) bond motifs is 1. The highest BCUT2D eigenvalue weighted by Gasteiger charge is 2.17. The summed E-state index contributed by atoms with van der Waals surface area (Å²) in [4.78, 5) is 17.6. The van der Waals surface area contributed by atoms with Gasteiger partial charge in [-0.1, -0.05) is 71.7 Å². The summed E-state index contributed by atoms with van der Waals surface area (Å²) in [6, 6.07) is 23.6. The van der Waals surface area contributed by atoms with Gasteiger partial charge in [-0.15, -0.1) is 0 Å². The van der Waals surface area contributed by atoms with Gasteiger partial charge in [0.25, 0.3) is 0 Å². The predicted octanol–water partition coefficient (Wildman–Crippen LogP) is 6.43. The highest BCUT2D eigenvalue weighted by molar-refractivity contribution is 6.35. The number of rotatable bonds is 3. The van der Waals surface area contributed by atoms with E-state index in [-0.39, 0.29) is 10.8 Å². The Morgan fingerprint density at radius 2 is 1.59 bits per heavy atom. The molecule has 0 aliphatic heterocycles. The van der Waals surface area contributed by atoms with E-state index in [1.165, 1.54) is 6.07 Å². The molecule has 4 rings (SSSR count). The lowest BCUT2D eigenvalue weighted by Gasteiger charge is -2.11. The van der Waals surface area contributed by atoms with E-state index < -0.39 is 5.97 Å². The van der Waals surface area contributed by atoms with Crippen molar-refractivity contribution in [3.63, 3.8) is 0 Å². The number of hydrogen-bond donors (Lipinski definition) is 0. The first-order valence-corrected chi connectivity index (χ1v) is 9.00. The van der Waals surface area contributed by atoms with Crippen LogP contribution in [0.1, 0.15) is 10.4 Å². The lowest BCUT2D eigenvalue weighted by Crippen LogP contribution is -2.10. The molecule has 0 saturated carbocycles. The molecule has 132 valence electrons. The second kappa shape index (κ2) is 7.39. The summed E-state index contributed by atoms with van der Waals surface area (Å²) in [5, 5.41) is 1.46. The molecule has 0 radical (unpaired) electrons. The normalized spacial score (nSPS) is 10.7. The van der Waals surface area contributed by atoms with Crippen LogP contribution in [0.5, 0.6) is 5.75 Å². The Kier molecular flexibility index (Phi) is 4.80. The average molecular weight is 394 g/mol. The van der Waals surface area contributed by atoms with Gasteiger partial charge in [-0.05, 0) is 30.3 Å². The van der Waals surface area contributed by atoms with Crippen molar-refractivity contribution >= 4 is 40.1 Å². The van der Waals surface area contributed by atoms with Crippen LogP contribution >= 0.6 is 23.2 Å². The van der Waals surface area contributed by atoms with Crippen LogP contribution in [0.25, 0.3) is 22.2 Å². The number of benzene rings is 3. The molecular weight excluding hydrogens is 381 g/mol. The Balaban J connectivity index is 1.81. The summed E-state index contributed by atoms with van der Waals surface area (Å²) < 4.78 is 5.53. The molecule has 0 unspecified atom stereocenters. The Morgan fingerprint density at radius 3 is 2.37 bits per heavy atom. The third-order valence-electron chi connectivity index (χ3n) is 4.10. The van der Waals surface area contributed by atoms with Gasteiger partial charge in [-0.2, -0.15) is 0 Å². The monoisotopic (exact) mass is 393 g/mol. The maximum Gasteiger partial charge on any atom is 0.344 e. The third-order valence-corrected chi connectivity index (χ3v) is 4.63. The fraction of sp³-hybridized carbons (Fsp3) is 0. The van der Waals surface area contributed by atoms with Gasteiger partial charge in [0.05, 0.1) is 21.8 Å². The summed E-state index contributed by atoms with van der Waals surface area (Å²) in [7, 11) is 0. The molecule has 0 amide bonds. The van der Waals surface area contributed by atoms with Gasteiger partial charge in [-0.25, -0.2) is 9.78 Å². The van der Waals surface area contributed by atoms with Crippen molar-refractivity contribution in [2.75, 3.05) is 0 Å². The van der Waals surface area contributed by atoms with Gasteiger partial charge in [0.15, 0.2) is 0 Å². The van der Waals surface area contributed by atoms with E-state index in [1.54, 1.807) is 18.2 Å². The fourth-order valence-corrected chi connectivity index (χ4v) is 3.26. The van der Waals surface area contributed by atoms with Crippen LogP contribution in [0.3, 0.4) is 0 Å². The molecule has 0 N–H and O–H groups in total. The minimum absolute atomic E-state index is 0.258. The second-order valence-electron chi connectivity index (χ2n) is 5.90. The van der Waals surface area contributed by atoms with Gasteiger partial charge < -0.3 is 4.74 Å². The molecule has 5 heteroatoms. The van der Waals surface area contributed by atoms with Crippen molar-refractivity contribution in [3.8, 4) is 17.0 Å². The van der Waals surface area contributed by atoms with Crippen molar-refractivity contribution in [2.45, 2.75) is 0 Å². The van der Waals surface area contributed by atoms with Crippen LogP contribution in [0.2, 0.25) is 10.0 Å². The zero-order chi connectivity index (χ0) is 18.8. The van der Waals surface area contributed by atoms with Crippen molar-refractivity contribution < 1.29 is 9.53 Å². The van der Waals surface area contributed by atoms with Crippen LogP contribution in [0.15, 0.2) is 78.9 Å².